The van der Waals surface area contributed by atoms with Crippen molar-refractivity contribution in [1.29, 1.82) is 0 Å². The van der Waals surface area contributed by atoms with Crippen LogP contribution in [0.1, 0.15) is 5.56 Å². The van der Waals surface area contributed by atoms with Crippen molar-refractivity contribution < 1.29 is 4.74 Å². The zero-order valence-electron chi connectivity index (χ0n) is 9.08. The predicted octanol–water partition coefficient (Wildman–Crippen LogP) is 4.18. The van der Waals surface area contributed by atoms with Gasteiger partial charge in [-0.3, -0.25) is 0 Å². The highest BCUT2D eigenvalue weighted by Gasteiger charge is 2.07. The van der Waals surface area contributed by atoms with E-state index < -0.39 is 0 Å². The minimum atomic E-state index is 0.467. The second-order valence-corrected chi connectivity index (χ2v) is 4.89. The van der Waals surface area contributed by atoms with Crippen LogP contribution in [0.25, 0.3) is 0 Å². The lowest BCUT2D eigenvalue weighted by Crippen LogP contribution is -1.93. The fourth-order valence-corrected chi connectivity index (χ4v) is 2.01. The molecule has 0 bridgehead atoms. The van der Waals surface area contributed by atoms with E-state index in [4.69, 9.17) is 22.1 Å². The fourth-order valence-electron chi connectivity index (χ4n) is 1.34. The summed E-state index contributed by atoms with van der Waals surface area (Å²) >= 11 is 9.37. The van der Waals surface area contributed by atoms with Crippen LogP contribution < -0.4 is 10.5 Å². The van der Waals surface area contributed by atoms with Gasteiger partial charge in [-0.15, -0.1) is 0 Å². The van der Waals surface area contributed by atoms with Crippen molar-refractivity contribution in [2.24, 2.45) is 0 Å². The summed E-state index contributed by atoms with van der Waals surface area (Å²) < 4.78 is 6.54. The van der Waals surface area contributed by atoms with Crippen LogP contribution in [-0.2, 0) is 0 Å². The van der Waals surface area contributed by atoms with Crippen molar-refractivity contribution in [3.63, 3.8) is 0 Å². The molecule has 0 spiro atoms. The lowest BCUT2D eigenvalue weighted by Gasteiger charge is -2.09. The van der Waals surface area contributed by atoms with Gasteiger partial charge < -0.3 is 10.5 Å². The van der Waals surface area contributed by atoms with Crippen LogP contribution in [0.2, 0.25) is 5.02 Å². The quantitative estimate of drug-likeness (QED) is 0.846. The Kier molecular flexibility index (Phi) is 3.54. The smallest absolute Gasteiger partial charge is 0.222 e. The Morgan fingerprint density at radius 2 is 2.12 bits per heavy atom. The van der Waals surface area contributed by atoms with E-state index in [0.717, 1.165) is 10.0 Å². The molecule has 17 heavy (non-hydrogen) atoms. The lowest BCUT2D eigenvalue weighted by molar-refractivity contribution is 0.459. The first-order valence-corrected chi connectivity index (χ1v) is 6.08. The van der Waals surface area contributed by atoms with Crippen LogP contribution >= 0.6 is 27.5 Å². The number of aromatic nitrogens is 1. The van der Waals surface area contributed by atoms with Crippen LogP contribution in [0.15, 0.2) is 34.9 Å². The molecule has 2 aromatic rings. The number of hydrogen-bond acceptors (Lipinski definition) is 3. The van der Waals surface area contributed by atoms with E-state index in [9.17, 15) is 0 Å². The maximum absolute atomic E-state index is 6.02. The average Bonchev–Trinajstić information content (AvgIpc) is 2.25. The molecule has 0 fully saturated rings. The zero-order chi connectivity index (χ0) is 12.4. The molecule has 88 valence electrons. The molecule has 0 aliphatic heterocycles. The number of nitrogens with zero attached hydrogens (tertiary/aromatic N) is 1. The lowest BCUT2D eigenvalue weighted by atomic mass is 10.3. The van der Waals surface area contributed by atoms with Crippen LogP contribution in [-0.4, -0.2) is 4.98 Å². The SMILES string of the molecule is Cc1cc(Br)cnc1Oc1ccc(N)cc1Cl. The van der Waals surface area contributed by atoms with Gasteiger partial charge in [0.2, 0.25) is 5.88 Å². The molecule has 0 aliphatic carbocycles. The van der Waals surface area contributed by atoms with Gasteiger partial charge >= 0.3 is 0 Å². The molecular weight excluding hydrogens is 304 g/mol. The predicted molar refractivity (Wildman–Crippen MR) is 72.6 cm³/mol. The van der Waals surface area contributed by atoms with Gasteiger partial charge in [0.25, 0.3) is 0 Å². The minimum Gasteiger partial charge on any atom is -0.437 e. The highest BCUT2D eigenvalue weighted by atomic mass is 79.9. The molecule has 0 radical (unpaired) electrons. The van der Waals surface area contributed by atoms with E-state index in [1.807, 2.05) is 13.0 Å². The van der Waals surface area contributed by atoms with Gasteiger partial charge in [-0.1, -0.05) is 11.6 Å². The number of anilines is 1. The Balaban J connectivity index is 2.31. The second kappa shape index (κ2) is 4.94. The molecule has 0 saturated heterocycles. The highest BCUT2D eigenvalue weighted by molar-refractivity contribution is 9.10. The molecule has 1 aromatic heterocycles. The molecule has 0 saturated carbocycles. The van der Waals surface area contributed by atoms with Crippen LogP contribution in [0, 0.1) is 6.92 Å². The van der Waals surface area contributed by atoms with Crippen molar-refractivity contribution in [3.8, 4) is 11.6 Å². The Bertz CT molecular complexity index is 511. The standard InChI is InChI=1S/C12H10BrClN2O/c1-7-4-8(13)6-16-12(7)17-11-3-2-9(15)5-10(11)14/h2-6H,15H2,1H3. The van der Waals surface area contributed by atoms with Crippen LogP contribution in [0.3, 0.4) is 0 Å². The molecule has 2 rings (SSSR count). The van der Waals surface area contributed by atoms with Gasteiger partial charge in [0.1, 0.15) is 5.75 Å². The summed E-state index contributed by atoms with van der Waals surface area (Å²) in [4.78, 5) is 4.18. The second-order valence-electron chi connectivity index (χ2n) is 3.57. The number of halogens is 2. The molecule has 0 atom stereocenters. The first-order chi connectivity index (χ1) is 8.06. The molecule has 5 heteroatoms. The summed E-state index contributed by atoms with van der Waals surface area (Å²) in [5.41, 5.74) is 7.13. The van der Waals surface area contributed by atoms with Gasteiger partial charge in [-0.2, -0.15) is 0 Å². The summed E-state index contributed by atoms with van der Waals surface area (Å²) in [7, 11) is 0. The fraction of sp³-hybridized carbons (Fsp3) is 0.0833. The molecule has 1 aromatic carbocycles. The largest absolute Gasteiger partial charge is 0.437 e. The van der Waals surface area contributed by atoms with E-state index in [-0.39, 0.29) is 0 Å². The van der Waals surface area contributed by atoms with Crippen molar-refractivity contribution >= 4 is 33.2 Å². The van der Waals surface area contributed by atoms with Crippen LogP contribution in [0.4, 0.5) is 5.69 Å². The van der Waals surface area contributed by atoms with Crippen molar-refractivity contribution in [2.75, 3.05) is 5.73 Å². The monoisotopic (exact) mass is 312 g/mol. The number of hydrogen-bond donors (Lipinski definition) is 1. The van der Waals surface area contributed by atoms with Crippen molar-refractivity contribution in [1.82, 2.24) is 4.98 Å². The van der Waals surface area contributed by atoms with Gasteiger partial charge in [-0.05, 0) is 47.1 Å². The number of nitrogen functional groups attached to an aromatic ring is 1. The molecule has 0 aliphatic rings. The maximum Gasteiger partial charge on any atom is 0.222 e. The molecule has 3 nitrogen and oxygen atoms in total. The highest BCUT2D eigenvalue weighted by Crippen LogP contribution is 2.31. The Morgan fingerprint density at radius 1 is 1.35 bits per heavy atom. The summed E-state index contributed by atoms with van der Waals surface area (Å²) in [5, 5.41) is 0.467. The summed E-state index contributed by atoms with van der Waals surface area (Å²) in [6.07, 6.45) is 1.67. The number of benzene rings is 1. The van der Waals surface area contributed by atoms with E-state index >= 15 is 0 Å². The normalized spacial score (nSPS) is 10.3. The Labute approximate surface area is 113 Å². The summed E-state index contributed by atoms with van der Waals surface area (Å²) in [6, 6.07) is 7.02. The number of pyridine rings is 1. The maximum atomic E-state index is 6.02. The molecule has 0 amide bonds. The first-order valence-electron chi connectivity index (χ1n) is 4.91. The Morgan fingerprint density at radius 3 is 2.76 bits per heavy atom. The summed E-state index contributed by atoms with van der Waals surface area (Å²) in [5.74, 6) is 1.07. The van der Waals surface area contributed by atoms with Crippen molar-refractivity contribution in [2.45, 2.75) is 6.92 Å². The minimum absolute atomic E-state index is 0.467. The summed E-state index contributed by atoms with van der Waals surface area (Å²) in [6.45, 7) is 1.91. The third-order valence-electron chi connectivity index (χ3n) is 2.16. The third kappa shape index (κ3) is 2.90. The number of nitrogens with two attached hydrogens (primary N) is 1. The first kappa shape index (κ1) is 12.2. The zero-order valence-corrected chi connectivity index (χ0v) is 11.4. The van der Waals surface area contributed by atoms with E-state index in [1.165, 1.54) is 0 Å². The molecular formula is C12H10BrClN2O. The molecule has 2 N–H and O–H groups in total. The van der Waals surface area contributed by atoms with E-state index in [2.05, 4.69) is 20.9 Å². The number of rotatable bonds is 2. The van der Waals surface area contributed by atoms with Gasteiger partial charge in [0, 0.05) is 21.9 Å². The molecule has 0 unspecified atom stereocenters. The van der Waals surface area contributed by atoms with Gasteiger partial charge in [-0.25, -0.2) is 4.98 Å². The van der Waals surface area contributed by atoms with E-state index in [1.54, 1.807) is 24.4 Å². The number of ether oxygens (including phenoxy) is 1. The van der Waals surface area contributed by atoms with Crippen LogP contribution in [0.5, 0.6) is 11.6 Å². The average molecular weight is 314 g/mol. The van der Waals surface area contributed by atoms with Gasteiger partial charge in [0.05, 0.1) is 5.02 Å². The topological polar surface area (TPSA) is 48.1 Å². The van der Waals surface area contributed by atoms with E-state index in [0.29, 0.717) is 22.3 Å². The number of aryl methyl sites for hydroxylation is 1. The van der Waals surface area contributed by atoms with Crippen molar-refractivity contribution in [3.05, 3.63) is 45.5 Å². The third-order valence-corrected chi connectivity index (χ3v) is 2.89. The van der Waals surface area contributed by atoms with Gasteiger partial charge in [0.15, 0.2) is 0 Å². The Hall–Kier alpha value is -1.26. The molecule has 1 heterocycles.